The van der Waals surface area contributed by atoms with Gasteiger partial charge in [-0.15, -0.1) is 0 Å². The first kappa shape index (κ1) is 38.9. The summed E-state index contributed by atoms with van der Waals surface area (Å²) in [5.74, 6) is 0.0735. The lowest BCUT2D eigenvalue weighted by molar-refractivity contribution is 0.0937. The lowest BCUT2D eigenvalue weighted by Gasteiger charge is -2.25. The van der Waals surface area contributed by atoms with Gasteiger partial charge in [0, 0.05) is 67.4 Å². The average Bonchev–Trinajstić information content (AvgIpc) is 3.78. The number of benzene rings is 8. The van der Waals surface area contributed by atoms with E-state index in [2.05, 4.69) is 87.4 Å². The fourth-order valence-electron chi connectivity index (χ4n) is 7.53. The maximum atomic E-state index is 12.3. The Morgan fingerprint density at radius 3 is 1.24 bits per heavy atom. The van der Waals surface area contributed by atoms with Crippen LogP contribution in [0.4, 0.5) is 28.4 Å². The van der Waals surface area contributed by atoms with Gasteiger partial charge in [-0.3, -0.25) is 18.7 Å². The molecule has 0 saturated heterocycles. The number of hydrogen-bond acceptors (Lipinski definition) is 4. The van der Waals surface area contributed by atoms with E-state index in [0.29, 0.717) is 0 Å². The summed E-state index contributed by atoms with van der Waals surface area (Å²) in [5, 5.41) is 7.74. The van der Waals surface area contributed by atoms with Gasteiger partial charge in [0.1, 0.15) is 0 Å². The summed E-state index contributed by atoms with van der Waals surface area (Å²) < 4.78 is 4.76. The first-order chi connectivity index (χ1) is 28.9. The predicted molar refractivity (Wildman–Crippen MR) is 255 cm³/mol. The molecule has 0 saturated carbocycles. The van der Waals surface area contributed by atoms with Crippen molar-refractivity contribution in [2.45, 2.75) is 13.8 Å². The van der Waals surface area contributed by atoms with E-state index in [-0.39, 0.29) is 11.8 Å². The zero-order valence-corrected chi connectivity index (χ0v) is 34.8. The Balaban J connectivity index is 0.000000136. The molecule has 2 heterocycles. The summed E-state index contributed by atoms with van der Waals surface area (Å²) in [7, 11) is 0. The highest BCUT2D eigenvalue weighted by atomic mass is 127. The minimum Gasteiger partial charge on any atom is -0.356 e. The number of rotatable bonds is 5. The molecule has 0 bridgehead atoms. The molecule has 0 aliphatic heterocycles. The number of para-hydroxylation sites is 6. The van der Waals surface area contributed by atoms with Crippen LogP contribution >= 0.6 is 22.6 Å². The monoisotopic (exact) mass is 880 g/mol. The second-order valence-electron chi connectivity index (χ2n) is 14.0. The van der Waals surface area contributed by atoms with Gasteiger partial charge in [0.25, 0.3) is 0 Å². The average molecular weight is 881 g/mol. The van der Waals surface area contributed by atoms with Gasteiger partial charge in [-0.25, -0.2) is 0 Å². The van der Waals surface area contributed by atoms with Crippen molar-refractivity contribution >= 4 is 106 Å². The number of nitrogens with zero attached hydrogens (tertiary/aromatic N) is 3. The van der Waals surface area contributed by atoms with Gasteiger partial charge in [-0.05, 0) is 120 Å². The summed E-state index contributed by atoms with van der Waals surface area (Å²) in [5.41, 5.74) is 9.32. The summed E-state index contributed by atoms with van der Waals surface area (Å²) >= 11 is 2.29. The van der Waals surface area contributed by atoms with E-state index in [0.717, 1.165) is 72.0 Å². The number of hydrogen-bond donors (Lipinski definition) is 1. The number of nitrogens with one attached hydrogen (secondary N) is 1. The van der Waals surface area contributed by atoms with Crippen LogP contribution in [0.15, 0.2) is 206 Å². The van der Waals surface area contributed by atoms with Gasteiger partial charge in [0.15, 0.2) is 0 Å². The van der Waals surface area contributed by atoms with E-state index >= 15 is 0 Å². The Morgan fingerprint density at radius 2 is 0.780 bits per heavy atom. The third-order valence-corrected chi connectivity index (χ3v) is 10.7. The lowest BCUT2D eigenvalue weighted by Crippen LogP contribution is -2.09. The van der Waals surface area contributed by atoms with Gasteiger partial charge in [-0.1, -0.05) is 109 Å². The van der Waals surface area contributed by atoms with Gasteiger partial charge >= 0.3 is 0 Å². The molecule has 0 spiro atoms. The molecule has 0 fully saturated rings. The van der Waals surface area contributed by atoms with Crippen LogP contribution in [0.2, 0.25) is 0 Å². The van der Waals surface area contributed by atoms with Crippen LogP contribution in [0.25, 0.3) is 43.6 Å². The Labute approximate surface area is 357 Å². The maximum absolute atomic E-state index is 12.3. The number of fused-ring (bicyclic) bond motifs is 6. The summed E-state index contributed by atoms with van der Waals surface area (Å²) in [4.78, 5) is 26.4. The molecule has 0 radical (unpaired) electrons. The fraction of sp³-hybridized carbons (Fsp3) is 0.0385. The van der Waals surface area contributed by atoms with Crippen molar-refractivity contribution in [1.29, 1.82) is 0 Å². The first-order valence-corrected chi connectivity index (χ1v) is 20.5. The van der Waals surface area contributed by atoms with Gasteiger partial charge in [0.2, 0.25) is 11.8 Å². The molecule has 0 atom stereocenters. The van der Waals surface area contributed by atoms with Crippen molar-refractivity contribution in [3.8, 4) is 0 Å². The number of aromatic nitrogens is 2. The van der Waals surface area contributed by atoms with Crippen molar-refractivity contribution in [3.63, 3.8) is 0 Å². The van der Waals surface area contributed by atoms with Crippen LogP contribution in [0.5, 0.6) is 0 Å². The number of anilines is 5. The number of carbonyl (C=O) groups excluding carboxylic acids is 2. The summed E-state index contributed by atoms with van der Waals surface area (Å²) in [6.45, 7) is 3.21. The molecular formula is C52H41IN4O2. The van der Waals surface area contributed by atoms with Gasteiger partial charge in [-0.2, -0.15) is 0 Å². The molecule has 0 unspecified atom stereocenters. The molecule has 10 rings (SSSR count). The predicted octanol–water partition coefficient (Wildman–Crippen LogP) is 14.4. The minimum absolute atomic E-state index is 0.0203. The highest BCUT2D eigenvalue weighted by Crippen LogP contribution is 2.38. The summed E-state index contributed by atoms with van der Waals surface area (Å²) in [6.07, 6.45) is 0. The molecular weight excluding hydrogens is 840 g/mol. The highest BCUT2D eigenvalue weighted by molar-refractivity contribution is 14.1. The van der Waals surface area contributed by atoms with Crippen LogP contribution in [0.1, 0.15) is 23.4 Å². The molecule has 6 nitrogen and oxygen atoms in total. The zero-order valence-electron chi connectivity index (χ0n) is 32.7. The van der Waals surface area contributed by atoms with Crippen molar-refractivity contribution in [2.75, 3.05) is 10.2 Å². The Bertz CT molecular complexity index is 2960. The smallest absolute Gasteiger partial charge is 0.228 e. The van der Waals surface area contributed by atoms with Crippen LogP contribution < -0.4 is 10.2 Å². The highest BCUT2D eigenvalue weighted by Gasteiger charge is 2.17. The van der Waals surface area contributed by atoms with Crippen LogP contribution in [-0.4, -0.2) is 20.9 Å². The molecule has 8 aromatic carbocycles. The maximum Gasteiger partial charge on any atom is 0.228 e. The SMILES string of the molecule is CC(=O)n1c2ccccc2c2cc(I)ccc21.CC(=O)n1c2ccccc2c2cc(N(c3ccccc3)c3ccccc3)ccc21.c1ccc(Nc2ccccc2)cc1. The topological polar surface area (TPSA) is 59.3 Å². The molecule has 2 aromatic heterocycles. The summed E-state index contributed by atoms with van der Waals surface area (Å²) in [6, 6.07) is 69.5. The van der Waals surface area contributed by atoms with E-state index in [1.165, 1.54) is 3.57 Å². The largest absolute Gasteiger partial charge is 0.356 e. The van der Waals surface area contributed by atoms with E-state index in [1.807, 2.05) is 152 Å². The van der Waals surface area contributed by atoms with Crippen molar-refractivity contribution in [3.05, 3.63) is 210 Å². The minimum atomic E-state index is 0.0203. The number of carbonyl (C=O) groups is 2. The molecule has 288 valence electrons. The fourth-order valence-corrected chi connectivity index (χ4v) is 8.03. The second-order valence-corrected chi connectivity index (χ2v) is 15.2. The van der Waals surface area contributed by atoms with Gasteiger partial charge < -0.3 is 10.2 Å². The first-order valence-electron chi connectivity index (χ1n) is 19.4. The molecule has 0 amide bonds. The van der Waals surface area contributed by atoms with Crippen molar-refractivity contribution in [2.24, 2.45) is 0 Å². The lowest BCUT2D eigenvalue weighted by atomic mass is 10.1. The second kappa shape index (κ2) is 17.7. The molecule has 0 aliphatic rings. The van der Waals surface area contributed by atoms with E-state index < -0.39 is 0 Å². The van der Waals surface area contributed by atoms with E-state index in [9.17, 15) is 9.59 Å². The van der Waals surface area contributed by atoms with Gasteiger partial charge in [0.05, 0.1) is 22.1 Å². The normalized spacial score (nSPS) is 10.8. The Kier molecular flexibility index (Phi) is 11.6. The molecule has 7 heteroatoms. The molecule has 1 N–H and O–H groups in total. The van der Waals surface area contributed by atoms with Crippen molar-refractivity contribution < 1.29 is 9.59 Å². The van der Waals surface area contributed by atoms with Crippen LogP contribution in [-0.2, 0) is 0 Å². The third kappa shape index (κ3) is 8.37. The molecule has 59 heavy (non-hydrogen) atoms. The molecule has 0 aliphatic carbocycles. The molecule has 10 aromatic rings. The van der Waals surface area contributed by atoms with Crippen LogP contribution in [0.3, 0.4) is 0 Å². The zero-order chi connectivity index (χ0) is 40.7. The quantitative estimate of drug-likeness (QED) is 0.175. The standard InChI is InChI=1S/C26H20N2O.C14H10INO.C12H11N/c1-19(29)27-25-15-9-8-14-23(25)24-18-22(16-17-26(24)27)28(20-10-4-2-5-11-20)21-12-6-3-7-13-21;1-9(17)16-13-5-3-2-4-11(13)12-8-10(15)6-7-14(12)16;1-3-7-11(8-4-1)13-12-9-5-2-6-10-12/h2-18H,1H3;2-8H,1H3;1-10,13H. The van der Waals surface area contributed by atoms with Crippen molar-refractivity contribution in [1.82, 2.24) is 9.13 Å². The Morgan fingerprint density at radius 1 is 0.407 bits per heavy atom. The third-order valence-electron chi connectivity index (χ3n) is 10.0. The Hall–Kier alpha value is -6.97. The number of halogens is 1. The van der Waals surface area contributed by atoms with E-state index in [4.69, 9.17) is 0 Å². The van der Waals surface area contributed by atoms with Crippen LogP contribution in [0, 0.1) is 3.57 Å². The van der Waals surface area contributed by atoms with E-state index in [1.54, 1.807) is 23.0 Å².